The highest BCUT2D eigenvalue weighted by atomic mass is 16.6. The van der Waals surface area contributed by atoms with Gasteiger partial charge < -0.3 is 14.9 Å². The van der Waals surface area contributed by atoms with Gasteiger partial charge in [0.05, 0.1) is 0 Å². The van der Waals surface area contributed by atoms with E-state index in [-0.39, 0.29) is 5.76 Å². The van der Waals surface area contributed by atoms with Crippen molar-refractivity contribution in [2.24, 2.45) is 0 Å². The second-order valence-electron chi connectivity index (χ2n) is 3.12. The molecule has 13 heavy (non-hydrogen) atoms. The fraction of sp³-hybridized carbons (Fsp3) is 0.667. The smallest absolute Gasteiger partial charge is 0.377 e. The van der Waals surface area contributed by atoms with Gasteiger partial charge in [0.25, 0.3) is 0 Å². The summed E-state index contributed by atoms with van der Waals surface area (Å²) < 4.78 is 4.72. The van der Waals surface area contributed by atoms with E-state index in [4.69, 9.17) is 9.84 Å². The van der Waals surface area contributed by atoms with Gasteiger partial charge in [0.2, 0.25) is 5.76 Å². The van der Waals surface area contributed by atoms with Crippen LogP contribution in [0.2, 0.25) is 0 Å². The lowest BCUT2D eigenvalue weighted by molar-refractivity contribution is -0.142. The highest BCUT2D eigenvalue weighted by Gasteiger charge is 2.33. The number of unbranched alkanes of at least 4 members (excludes halogenated alkanes) is 2. The first-order valence-electron chi connectivity index (χ1n) is 4.50. The van der Waals surface area contributed by atoms with E-state index in [1.807, 2.05) is 0 Å². The lowest BCUT2D eigenvalue weighted by Crippen LogP contribution is -2.11. The van der Waals surface area contributed by atoms with Crippen molar-refractivity contribution in [2.75, 3.05) is 0 Å². The number of carbonyl (C=O) groups is 1. The van der Waals surface area contributed by atoms with Gasteiger partial charge in [0.1, 0.15) is 0 Å². The minimum absolute atomic E-state index is 0.318. The molecule has 1 aliphatic heterocycles. The zero-order valence-corrected chi connectivity index (χ0v) is 7.62. The summed E-state index contributed by atoms with van der Waals surface area (Å²) in [4.78, 5) is 10.7. The fourth-order valence-electron chi connectivity index (χ4n) is 1.27. The summed E-state index contributed by atoms with van der Waals surface area (Å²) in [5.74, 6) is -1.78. The van der Waals surface area contributed by atoms with Crippen LogP contribution in [0.5, 0.6) is 0 Å². The van der Waals surface area contributed by atoms with E-state index in [1.165, 1.54) is 0 Å². The molecule has 2 N–H and O–H groups in total. The summed E-state index contributed by atoms with van der Waals surface area (Å²) in [6.45, 7) is 2.06. The summed E-state index contributed by atoms with van der Waals surface area (Å²) in [7, 11) is 0. The lowest BCUT2D eigenvalue weighted by atomic mass is 10.1. The zero-order chi connectivity index (χ0) is 9.84. The number of hydrogen-bond donors (Lipinski definition) is 2. The van der Waals surface area contributed by atoms with Crippen molar-refractivity contribution < 1.29 is 19.7 Å². The molecule has 0 bridgehead atoms. The first-order chi connectivity index (χ1) is 6.16. The quantitative estimate of drug-likeness (QED) is 0.519. The van der Waals surface area contributed by atoms with E-state index in [0.717, 1.165) is 19.3 Å². The molecule has 1 aliphatic rings. The van der Waals surface area contributed by atoms with E-state index in [1.54, 1.807) is 0 Å². The molecule has 0 aromatic carbocycles. The van der Waals surface area contributed by atoms with Crippen LogP contribution >= 0.6 is 0 Å². The molecular formula is C9H14O4. The molecule has 0 aromatic heterocycles. The molecule has 0 aromatic rings. The molecule has 0 spiro atoms. The molecule has 4 heteroatoms. The van der Waals surface area contributed by atoms with Gasteiger partial charge in [-0.05, 0) is 12.8 Å². The Hall–Kier alpha value is -1.19. The van der Waals surface area contributed by atoms with Crippen molar-refractivity contribution in [3.05, 3.63) is 11.5 Å². The van der Waals surface area contributed by atoms with Crippen molar-refractivity contribution in [1.29, 1.82) is 0 Å². The molecule has 0 saturated carbocycles. The van der Waals surface area contributed by atoms with Gasteiger partial charge in [-0.3, -0.25) is 0 Å². The number of ether oxygens (including phenoxy) is 1. The molecule has 0 saturated heterocycles. The Kier molecular flexibility index (Phi) is 3.17. The second kappa shape index (κ2) is 4.16. The average molecular weight is 186 g/mol. The Morgan fingerprint density at radius 1 is 1.38 bits per heavy atom. The van der Waals surface area contributed by atoms with Crippen LogP contribution in [-0.2, 0) is 9.53 Å². The number of rotatable bonds is 4. The Balaban J connectivity index is 2.42. The number of aliphatic hydroxyl groups is 2. The van der Waals surface area contributed by atoms with E-state index >= 15 is 0 Å². The van der Waals surface area contributed by atoms with Crippen molar-refractivity contribution in [1.82, 2.24) is 0 Å². The van der Waals surface area contributed by atoms with Crippen LogP contribution in [0.3, 0.4) is 0 Å². The summed E-state index contributed by atoms with van der Waals surface area (Å²) in [6.07, 6.45) is 2.93. The predicted octanol–water partition coefficient (Wildman–Crippen LogP) is 1.82. The molecule has 0 radical (unpaired) electrons. The molecule has 0 amide bonds. The first-order valence-corrected chi connectivity index (χ1v) is 4.50. The van der Waals surface area contributed by atoms with Gasteiger partial charge in [-0.25, -0.2) is 4.79 Å². The number of cyclic esters (lactones) is 1. The maximum absolute atomic E-state index is 10.7. The van der Waals surface area contributed by atoms with Crippen molar-refractivity contribution >= 4 is 5.97 Å². The minimum atomic E-state index is -0.820. The van der Waals surface area contributed by atoms with Crippen LogP contribution in [-0.4, -0.2) is 22.3 Å². The number of carbonyl (C=O) groups excluding carboxylic acids is 1. The molecular weight excluding hydrogens is 172 g/mol. The van der Waals surface area contributed by atoms with Gasteiger partial charge in [-0.2, -0.15) is 0 Å². The standard InChI is InChI=1S/C9H14O4/c1-2-3-4-5-6-7(10)8(11)9(12)13-6/h6,10-11H,2-5H2,1H3. The predicted molar refractivity (Wildman–Crippen MR) is 46.3 cm³/mol. The largest absolute Gasteiger partial charge is 0.505 e. The minimum Gasteiger partial charge on any atom is -0.505 e. The van der Waals surface area contributed by atoms with E-state index in [2.05, 4.69) is 6.92 Å². The third kappa shape index (κ3) is 2.14. The lowest BCUT2D eigenvalue weighted by Gasteiger charge is -2.08. The summed E-state index contributed by atoms with van der Waals surface area (Å²) >= 11 is 0. The van der Waals surface area contributed by atoms with Gasteiger partial charge in [0.15, 0.2) is 11.9 Å². The van der Waals surface area contributed by atoms with Crippen LogP contribution in [0.15, 0.2) is 11.5 Å². The maximum Gasteiger partial charge on any atom is 0.377 e. The third-order valence-corrected chi connectivity index (χ3v) is 2.06. The van der Waals surface area contributed by atoms with Crippen LogP contribution < -0.4 is 0 Å². The van der Waals surface area contributed by atoms with E-state index in [9.17, 15) is 9.90 Å². The molecule has 4 nitrogen and oxygen atoms in total. The van der Waals surface area contributed by atoms with Crippen LogP contribution in [0.4, 0.5) is 0 Å². The Morgan fingerprint density at radius 2 is 2.08 bits per heavy atom. The van der Waals surface area contributed by atoms with Crippen LogP contribution in [0.25, 0.3) is 0 Å². The van der Waals surface area contributed by atoms with Crippen molar-refractivity contribution in [3.8, 4) is 0 Å². The van der Waals surface area contributed by atoms with Gasteiger partial charge in [0, 0.05) is 0 Å². The summed E-state index contributed by atoms with van der Waals surface area (Å²) in [5.41, 5.74) is 0. The first kappa shape index (κ1) is 9.89. The Labute approximate surface area is 76.8 Å². The topological polar surface area (TPSA) is 66.8 Å². The Bertz CT molecular complexity index is 232. The van der Waals surface area contributed by atoms with Gasteiger partial charge >= 0.3 is 5.97 Å². The summed E-state index contributed by atoms with van der Waals surface area (Å²) in [6, 6.07) is 0. The normalized spacial score (nSPS) is 22.2. The van der Waals surface area contributed by atoms with Gasteiger partial charge in [-0.1, -0.05) is 19.8 Å². The van der Waals surface area contributed by atoms with Crippen LogP contribution in [0, 0.1) is 0 Å². The molecule has 1 rings (SSSR count). The summed E-state index contributed by atoms with van der Waals surface area (Å²) in [5, 5.41) is 18.2. The SMILES string of the molecule is CCCCCC1OC(=O)C(O)=C1O. The molecule has 74 valence electrons. The molecule has 1 atom stereocenters. The van der Waals surface area contributed by atoms with Crippen LogP contribution in [0.1, 0.15) is 32.6 Å². The molecule has 1 heterocycles. The number of aliphatic hydroxyl groups excluding tert-OH is 2. The highest BCUT2D eigenvalue weighted by molar-refractivity contribution is 5.88. The van der Waals surface area contributed by atoms with E-state index < -0.39 is 17.8 Å². The van der Waals surface area contributed by atoms with Gasteiger partial charge in [-0.15, -0.1) is 0 Å². The maximum atomic E-state index is 10.7. The number of hydrogen-bond acceptors (Lipinski definition) is 4. The van der Waals surface area contributed by atoms with Crippen molar-refractivity contribution in [2.45, 2.75) is 38.7 Å². The fourth-order valence-corrected chi connectivity index (χ4v) is 1.27. The zero-order valence-electron chi connectivity index (χ0n) is 7.62. The Morgan fingerprint density at radius 3 is 2.54 bits per heavy atom. The molecule has 0 fully saturated rings. The third-order valence-electron chi connectivity index (χ3n) is 2.06. The molecule has 0 aliphatic carbocycles. The molecule has 1 unspecified atom stereocenters. The van der Waals surface area contributed by atoms with E-state index in [0.29, 0.717) is 6.42 Å². The monoisotopic (exact) mass is 186 g/mol. The average Bonchev–Trinajstić information content (AvgIpc) is 2.34. The second-order valence-corrected chi connectivity index (χ2v) is 3.12. The van der Waals surface area contributed by atoms with Crippen molar-refractivity contribution in [3.63, 3.8) is 0 Å². The number of esters is 1. The highest BCUT2D eigenvalue weighted by Crippen LogP contribution is 2.22.